The SMILES string of the molecule is C=CC(=O)Nc1c(OC)cc(/N=N/S(=O)(=O)O)cc1OC. The van der Waals surface area contributed by atoms with Crippen LogP contribution in [0.5, 0.6) is 11.5 Å². The van der Waals surface area contributed by atoms with Crippen LogP contribution in [0.15, 0.2) is 34.4 Å². The van der Waals surface area contributed by atoms with E-state index in [0.29, 0.717) is 0 Å². The molecule has 1 aromatic rings. The molecule has 0 radical (unpaired) electrons. The van der Waals surface area contributed by atoms with Gasteiger partial charge in [0.1, 0.15) is 17.2 Å². The molecule has 0 unspecified atom stereocenters. The van der Waals surface area contributed by atoms with Crippen LogP contribution in [-0.2, 0) is 15.1 Å². The van der Waals surface area contributed by atoms with Gasteiger partial charge in [0.05, 0.1) is 19.9 Å². The second kappa shape index (κ2) is 6.81. The molecule has 1 amide bonds. The van der Waals surface area contributed by atoms with E-state index in [4.69, 9.17) is 14.0 Å². The number of anilines is 1. The molecule has 1 aromatic carbocycles. The predicted molar refractivity (Wildman–Crippen MR) is 74.4 cm³/mol. The maximum Gasteiger partial charge on any atom is 0.396 e. The molecule has 0 saturated heterocycles. The van der Waals surface area contributed by atoms with Crippen LogP contribution >= 0.6 is 0 Å². The van der Waals surface area contributed by atoms with E-state index >= 15 is 0 Å². The highest BCUT2D eigenvalue weighted by Crippen LogP contribution is 2.39. The summed E-state index contributed by atoms with van der Waals surface area (Å²) in [4.78, 5) is 11.4. The summed E-state index contributed by atoms with van der Waals surface area (Å²) in [6.45, 7) is 3.32. The molecule has 0 aliphatic rings. The van der Waals surface area contributed by atoms with E-state index in [1.54, 1.807) is 0 Å². The van der Waals surface area contributed by atoms with Crippen LogP contribution in [0.2, 0.25) is 0 Å². The topological polar surface area (TPSA) is 127 Å². The quantitative estimate of drug-likeness (QED) is 0.467. The zero-order chi connectivity index (χ0) is 16.0. The molecule has 0 aromatic heterocycles. The molecule has 0 atom stereocenters. The molecular weight excluding hydrogens is 302 g/mol. The Labute approximate surface area is 121 Å². The number of rotatable bonds is 6. The van der Waals surface area contributed by atoms with Gasteiger partial charge in [-0.15, -0.1) is 5.11 Å². The maximum atomic E-state index is 11.4. The summed E-state index contributed by atoms with van der Waals surface area (Å²) in [5.74, 6) is -0.165. The Bertz CT molecular complexity index is 658. The Hall–Kier alpha value is -2.46. The lowest BCUT2D eigenvalue weighted by molar-refractivity contribution is -0.111. The van der Waals surface area contributed by atoms with Crippen molar-refractivity contribution in [1.82, 2.24) is 0 Å². The highest BCUT2D eigenvalue weighted by Gasteiger charge is 2.14. The van der Waals surface area contributed by atoms with E-state index in [2.05, 4.69) is 21.5 Å². The van der Waals surface area contributed by atoms with Gasteiger partial charge in [-0.2, -0.15) is 8.42 Å². The minimum absolute atomic E-state index is 0.0397. The Balaban J connectivity index is 3.32. The van der Waals surface area contributed by atoms with E-state index in [1.165, 1.54) is 26.4 Å². The summed E-state index contributed by atoms with van der Waals surface area (Å²) in [6.07, 6.45) is 1.06. The van der Waals surface area contributed by atoms with Crippen molar-refractivity contribution in [3.05, 3.63) is 24.8 Å². The first-order chi connectivity index (χ1) is 9.80. The first-order valence-corrected chi connectivity index (χ1v) is 6.80. The van der Waals surface area contributed by atoms with Gasteiger partial charge in [0.15, 0.2) is 0 Å². The number of hydrogen-bond acceptors (Lipinski definition) is 6. The molecule has 0 saturated carbocycles. The molecule has 10 heteroatoms. The lowest BCUT2D eigenvalue weighted by Crippen LogP contribution is -2.09. The van der Waals surface area contributed by atoms with E-state index in [0.717, 1.165) is 6.08 Å². The molecule has 9 nitrogen and oxygen atoms in total. The predicted octanol–water partition coefficient (Wildman–Crippen LogP) is 1.71. The average molecular weight is 315 g/mol. The van der Waals surface area contributed by atoms with E-state index in [-0.39, 0.29) is 22.9 Å². The monoisotopic (exact) mass is 315 g/mol. The van der Waals surface area contributed by atoms with Crippen molar-refractivity contribution in [3.8, 4) is 11.5 Å². The summed E-state index contributed by atoms with van der Waals surface area (Å²) in [5, 5.41) is 5.81. The normalized spacial score (nSPS) is 11.2. The minimum atomic E-state index is -4.60. The molecular formula is C11H13N3O6S. The summed E-state index contributed by atoms with van der Waals surface area (Å²) in [6, 6.07) is 2.60. The van der Waals surface area contributed by atoms with Gasteiger partial charge in [-0.1, -0.05) is 6.58 Å². The first kappa shape index (κ1) is 16.6. The largest absolute Gasteiger partial charge is 0.494 e. The van der Waals surface area contributed by atoms with E-state index in [9.17, 15) is 13.2 Å². The number of nitrogens with one attached hydrogen (secondary N) is 1. The van der Waals surface area contributed by atoms with Crippen LogP contribution in [0.1, 0.15) is 0 Å². The van der Waals surface area contributed by atoms with Crippen LogP contribution in [0.4, 0.5) is 11.4 Å². The van der Waals surface area contributed by atoms with Crippen molar-refractivity contribution < 1.29 is 27.2 Å². The van der Waals surface area contributed by atoms with Crippen molar-refractivity contribution >= 4 is 27.6 Å². The second-order valence-corrected chi connectivity index (χ2v) is 4.61. The summed E-state index contributed by atoms with van der Waals surface area (Å²) in [5.41, 5.74) is 0.258. The number of carbonyl (C=O) groups excluding carboxylic acids is 1. The Morgan fingerprint density at radius 1 is 1.33 bits per heavy atom. The van der Waals surface area contributed by atoms with Crippen LogP contribution < -0.4 is 14.8 Å². The molecule has 0 spiro atoms. The van der Waals surface area contributed by atoms with Gasteiger partial charge in [0.2, 0.25) is 5.91 Å². The third kappa shape index (κ3) is 4.85. The van der Waals surface area contributed by atoms with Crippen LogP contribution in [0, 0.1) is 0 Å². The van der Waals surface area contributed by atoms with Crippen molar-refractivity contribution in [2.75, 3.05) is 19.5 Å². The van der Waals surface area contributed by atoms with Crippen molar-refractivity contribution in [2.24, 2.45) is 9.63 Å². The maximum absolute atomic E-state index is 11.4. The third-order valence-electron chi connectivity index (χ3n) is 2.18. The van der Waals surface area contributed by atoms with Gasteiger partial charge >= 0.3 is 10.3 Å². The third-order valence-corrected chi connectivity index (χ3v) is 2.47. The summed E-state index contributed by atoms with van der Waals surface area (Å²) in [7, 11) is -1.93. The fourth-order valence-electron chi connectivity index (χ4n) is 1.35. The molecule has 0 fully saturated rings. The van der Waals surface area contributed by atoms with Gasteiger partial charge in [-0.05, 0) is 10.6 Å². The van der Waals surface area contributed by atoms with E-state index in [1.807, 2.05) is 0 Å². The van der Waals surface area contributed by atoms with Crippen LogP contribution in [0.3, 0.4) is 0 Å². The van der Waals surface area contributed by atoms with Gasteiger partial charge in [-0.25, -0.2) is 0 Å². The smallest absolute Gasteiger partial charge is 0.396 e. The number of amides is 1. The number of nitrogens with zero attached hydrogens (tertiary/aromatic N) is 2. The highest BCUT2D eigenvalue weighted by atomic mass is 32.2. The number of benzene rings is 1. The minimum Gasteiger partial charge on any atom is -0.494 e. The fourth-order valence-corrected chi connectivity index (χ4v) is 1.55. The lowest BCUT2D eigenvalue weighted by atomic mass is 10.2. The first-order valence-electron chi connectivity index (χ1n) is 5.40. The molecule has 114 valence electrons. The second-order valence-electron chi connectivity index (χ2n) is 3.55. The zero-order valence-corrected chi connectivity index (χ0v) is 12.0. The van der Waals surface area contributed by atoms with E-state index < -0.39 is 16.2 Å². The molecule has 0 heterocycles. The molecule has 0 bridgehead atoms. The molecule has 0 aliphatic carbocycles. The number of methoxy groups -OCH3 is 2. The van der Waals surface area contributed by atoms with Gasteiger partial charge in [0.25, 0.3) is 0 Å². The molecule has 21 heavy (non-hydrogen) atoms. The van der Waals surface area contributed by atoms with Crippen molar-refractivity contribution in [1.29, 1.82) is 0 Å². The summed E-state index contributed by atoms with van der Waals surface area (Å²) >= 11 is 0. The average Bonchev–Trinajstić information content (AvgIpc) is 2.44. The standard InChI is InChI=1S/C11H13N3O6S/c1-4-10(15)12-11-8(19-2)5-7(6-9(11)20-3)13-14-21(16,17)18/h4-6H,1H2,2-3H3,(H,12,15)(H,16,17,18)/b14-13+. The Morgan fingerprint density at radius 2 is 1.86 bits per heavy atom. The van der Waals surface area contributed by atoms with Gasteiger partial charge in [0, 0.05) is 12.1 Å². The Morgan fingerprint density at radius 3 is 2.24 bits per heavy atom. The number of ether oxygens (including phenoxy) is 2. The highest BCUT2D eigenvalue weighted by molar-refractivity contribution is 7.84. The fraction of sp³-hybridized carbons (Fsp3) is 0.182. The zero-order valence-electron chi connectivity index (χ0n) is 11.2. The molecule has 2 N–H and O–H groups in total. The van der Waals surface area contributed by atoms with Crippen molar-refractivity contribution in [3.63, 3.8) is 0 Å². The molecule has 0 aliphatic heterocycles. The van der Waals surface area contributed by atoms with Crippen LogP contribution in [0.25, 0.3) is 0 Å². The van der Waals surface area contributed by atoms with Crippen LogP contribution in [-0.4, -0.2) is 33.1 Å². The summed E-state index contributed by atoms with van der Waals surface area (Å²) < 4.78 is 42.4. The molecule has 1 rings (SSSR count). The lowest BCUT2D eigenvalue weighted by Gasteiger charge is -2.13. The van der Waals surface area contributed by atoms with Gasteiger partial charge < -0.3 is 14.8 Å². The number of carbonyl (C=O) groups is 1. The van der Waals surface area contributed by atoms with Crippen molar-refractivity contribution in [2.45, 2.75) is 0 Å². The Kier molecular flexibility index (Phi) is 5.38. The van der Waals surface area contributed by atoms with Gasteiger partial charge in [-0.3, -0.25) is 9.35 Å². The number of hydrogen-bond donors (Lipinski definition) is 2.